The summed E-state index contributed by atoms with van der Waals surface area (Å²) in [5.41, 5.74) is 5.66. The summed E-state index contributed by atoms with van der Waals surface area (Å²) in [4.78, 5) is 34.6. The molecule has 3 heterocycles. The summed E-state index contributed by atoms with van der Waals surface area (Å²) in [5.74, 6) is -1.12. The molecule has 1 unspecified atom stereocenters. The van der Waals surface area contributed by atoms with E-state index in [1.807, 2.05) is 55.6 Å². The summed E-state index contributed by atoms with van der Waals surface area (Å²) >= 11 is 1.26. The van der Waals surface area contributed by atoms with Gasteiger partial charge in [-0.05, 0) is 49.2 Å². The Balaban J connectivity index is 1.47. The summed E-state index contributed by atoms with van der Waals surface area (Å²) in [6.45, 7) is 3.83. The minimum absolute atomic E-state index is 0.0879. The third-order valence-corrected chi connectivity index (χ3v) is 7.33. The highest BCUT2D eigenvalue weighted by molar-refractivity contribution is 7.89. The van der Waals surface area contributed by atoms with Gasteiger partial charge in [0.1, 0.15) is 6.04 Å². The van der Waals surface area contributed by atoms with E-state index < -0.39 is 27.9 Å². The Hall–Kier alpha value is -3.87. The second-order valence-electron chi connectivity index (χ2n) is 8.72. The Kier molecular flexibility index (Phi) is 8.05. The third kappa shape index (κ3) is 6.52. The molecule has 38 heavy (non-hydrogen) atoms. The molecule has 0 radical (unpaired) electrons. The quantitative estimate of drug-likeness (QED) is 0.324. The van der Waals surface area contributed by atoms with Crippen molar-refractivity contribution in [1.82, 2.24) is 19.3 Å². The normalized spacial score (nSPS) is 12.2. The lowest BCUT2D eigenvalue weighted by Gasteiger charge is -2.16. The van der Waals surface area contributed by atoms with Crippen molar-refractivity contribution in [2.75, 3.05) is 25.3 Å². The monoisotopic (exact) mass is 553 g/mol. The van der Waals surface area contributed by atoms with Gasteiger partial charge in [-0.25, -0.2) is 13.4 Å². The van der Waals surface area contributed by atoms with E-state index in [0.717, 1.165) is 38.3 Å². The zero-order valence-electron chi connectivity index (χ0n) is 21.3. The standard InChI is InChI=1S/C26H27N5O5S2/c1-16-10-21(11-17(2)27-16)18-6-5-7-19(12-18)23-15-37-26(29-23)30-25(33)22(14-36-3)28-24(32)20-8-9-31(13-20)38(4,34)35/h5-13,15,22H,14H2,1-4H3,(H,28,32)(H,29,30,33). The smallest absolute Gasteiger partial charge is 0.253 e. The van der Waals surface area contributed by atoms with Crippen LogP contribution in [0.15, 0.2) is 60.2 Å². The van der Waals surface area contributed by atoms with Gasteiger partial charge in [-0.3, -0.25) is 18.5 Å². The highest BCUT2D eigenvalue weighted by Gasteiger charge is 2.23. The molecule has 3 aromatic heterocycles. The average molecular weight is 554 g/mol. The molecule has 0 spiro atoms. The lowest BCUT2D eigenvalue weighted by molar-refractivity contribution is -0.119. The van der Waals surface area contributed by atoms with Crippen LogP contribution in [0.5, 0.6) is 0 Å². The Morgan fingerprint density at radius 2 is 1.76 bits per heavy atom. The summed E-state index contributed by atoms with van der Waals surface area (Å²) in [6.07, 6.45) is 3.47. The number of hydrogen-bond acceptors (Lipinski definition) is 8. The van der Waals surface area contributed by atoms with Crippen LogP contribution in [-0.4, -0.2) is 60.2 Å². The van der Waals surface area contributed by atoms with Crippen LogP contribution in [0.2, 0.25) is 0 Å². The fourth-order valence-electron chi connectivity index (χ4n) is 3.82. The molecule has 4 rings (SSSR count). The molecular weight excluding hydrogens is 526 g/mol. The van der Waals surface area contributed by atoms with Gasteiger partial charge in [0.15, 0.2) is 5.13 Å². The topological polar surface area (TPSA) is 132 Å². The molecule has 0 aliphatic heterocycles. The highest BCUT2D eigenvalue weighted by atomic mass is 32.2. The number of nitrogens with zero attached hydrogens (tertiary/aromatic N) is 3. The molecule has 1 atom stereocenters. The number of carbonyl (C=O) groups is 2. The van der Waals surface area contributed by atoms with E-state index in [9.17, 15) is 18.0 Å². The lowest BCUT2D eigenvalue weighted by atomic mass is 10.0. The molecule has 2 amide bonds. The minimum Gasteiger partial charge on any atom is -0.382 e. The summed E-state index contributed by atoms with van der Waals surface area (Å²) in [6, 6.07) is 12.3. The number of methoxy groups -OCH3 is 1. The van der Waals surface area contributed by atoms with Crippen LogP contribution in [-0.2, 0) is 19.6 Å². The second kappa shape index (κ2) is 11.3. The summed E-state index contributed by atoms with van der Waals surface area (Å²) in [7, 11) is -2.12. The number of carbonyl (C=O) groups excluding carboxylic acids is 2. The number of pyridine rings is 1. The van der Waals surface area contributed by atoms with Gasteiger partial charge in [-0.15, -0.1) is 11.3 Å². The number of anilines is 1. The predicted octanol–water partition coefficient (Wildman–Crippen LogP) is 3.48. The van der Waals surface area contributed by atoms with Crippen molar-refractivity contribution in [3.05, 3.63) is 77.2 Å². The van der Waals surface area contributed by atoms with Gasteiger partial charge in [0.05, 0.1) is 24.1 Å². The van der Waals surface area contributed by atoms with E-state index in [-0.39, 0.29) is 12.2 Å². The predicted molar refractivity (Wildman–Crippen MR) is 147 cm³/mol. The van der Waals surface area contributed by atoms with Crippen LogP contribution < -0.4 is 10.6 Å². The molecule has 0 aliphatic rings. The number of benzene rings is 1. The first kappa shape index (κ1) is 27.2. The Morgan fingerprint density at radius 3 is 2.42 bits per heavy atom. The fraction of sp³-hybridized carbons (Fsp3) is 0.231. The minimum atomic E-state index is -3.53. The zero-order chi connectivity index (χ0) is 27.4. The Morgan fingerprint density at radius 1 is 1.05 bits per heavy atom. The van der Waals surface area contributed by atoms with Crippen molar-refractivity contribution in [3.63, 3.8) is 0 Å². The number of nitrogens with one attached hydrogen (secondary N) is 2. The highest BCUT2D eigenvalue weighted by Crippen LogP contribution is 2.29. The molecule has 198 valence electrons. The summed E-state index contributed by atoms with van der Waals surface area (Å²) in [5, 5.41) is 7.52. The summed E-state index contributed by atoms with van der Waals surface area (Å²) < 4.78 is 29.4. The maximum atomic E-state index is 12.9. The van der Waals surface area contributed by atoms with Gasteiger partial charge in [-0.2, -0.15) is 0 Å². The second-order valence-corrected chi connectivity index (χ2v) is 11.5. The van der Waals surface area contributed by atoms with Crippen LogP contribution in [0, 0.1) is 13.8 Å². The average Bonchev–Trinajstić information content (AvgIpc) is 3.53. The van der Waals surface area contributed by atoms with Gasteiger partial charge in [0.2, 0.25) is 10.0 Å². The van der Waals surface area contributed by atoms with Crippen LogP contribution >= 0.6 is 11.3 Å². The molecule has 12 heteroatoms. The molecule has 0 fully saturated rings. The number of amides is 2. The van der Waals surface area contributed by atoms with Crippen LogP contribution in [0.3, 0.4) is 0 Å². The Labute approximate surface area is 224 Å². The fourth-order valence-corrected chi connectivity index (χ4v) is 5.13. The van der Waals surface area contributed by atoms with Gasteiger partial charge in [-0.1, -0.05) is 18.2 Å². The largest absolute Gasteiger partial charge is 0.382 e. The zero-order valence-corrected chi connectivity index (χ0v) is 22.9. The van der Waals surface area contributed by atoms with Gasteiger partial charge in [0, 0.05) is 41.8 Å². The molecular formula is C26H27N5O5S2. The van der Waals surface area contributed by atoms with Crippen molar-refractivity contribution >= 4 is 38.3 Å². The first-order valence-corrected chi connectivity index (χ1v) is 14.3. The van der Waals surface area contributed by atoms with Crippen molar-refractivity contribution in [2.24, 2.45) is 0 Å². The SMILES string of the molecule is COCC(NC(=O)c1ccn(S(C)(=O)=O)c1)C(=O)Nc1nc(-c2cccc(-c3cc(C)nc(C)c3)c2)cs1. The molecule has 0 aliphatic carbocycles. The lowest BCUT2D eigenvalue weighted by Crippen LogP contribution is -2.46. The van der Waals surface area contributed by atoms with Crippen molar-refractivity contribution in [3.8, 4) is 22.4 Å². The molecule has 0 saturated heterocycles. The van der Waals surface area contributed by atoms with E-state index in [1.165, 1.54) is 36.9 Å². The van der Waals surface area contributed by atoms with Gasteiger partial charge >= 0.3 is 0 Å². The first-order valence-electron chi connectivity index (χ1n) is 11.5. The van der Waals surface area contributed by atoms with Gasteiger partial charge < -0.3 is 15.4 Å². The first-order chi connectivity index (χ1) is 18.0. The molecule has 0 saturated carbocycles. The number of rotatable bonds is 9. The number of ether oxygens (including phenoxy) is 1. The molecule has 4 aromatic rings. The number of aromatic nitrogens is 3. The molecule has 10 nitrogen and oxygen atoms in total. The maximum Gasteiger partial charge on any atom is 0.253 e. The molecule has 1 aromatic carbocycles. The third-order valence-electron chi connectivity index (χ3n) is 5.58. The van der Waals surface area contributed by atoms with Crippen LogP contribution in [0.4, 0.5) is 5.13 Å². The van der Waals surface area contributed by atoms with E-state index in [4.69, 9.17) is 4.74 Å². The van der Waals surface area contributed by atoms with E-state index in [1.54, 1.807) is 0 Å². The molecule has 0 bridgehead atoms. The number of thiazole rings is 1. The van der Waals surface area contributed by atoms with E-state index in [2.05, 4.69) is 20.6 Å². The van der Waals surface area contributed by atoms with E-state index in [0.29, 0.717) is 10.8 Å². The molecule has 2 N–H and O–H groups in total. The van der Waals surface area contributed by atoms with Crippen molar-refractivity contribution in [1.29, 1.82) is 0 Å². The van der Waals surface area contributed by atoms with Crippen molar-refractivity contribution < 1.29 is 22.7 Å². The Bertz CT molecular complexity index is 1570. The van der Waals surface area contributed by atoms with E-state index >= 15 is 0 Å². The maximum absolute atomic E-state index is 12.9. The van der Waals surface area contributed by atoms with Crippen LogP contribution in [0.25, 0.3) is 22.4 Å². The van der Waals surface area contributed by atoms with Crippen LogP contribution in [0.1, 0.15) is 21.7 Å². The number of aryl methyl sites for hydroxylation is 2. The van der Waals surface area contributed by atoms with Gasteiger partial charge in [0.25, 0.3) is 11.8 Å². The number of hydrogen-bond donors (Lipinski definition) is 2. The van der Waals surface area contributed by atoms with Crippen molar-refractivity contribution in [2.45, 2.75) is 19.9 Å².